The highest BCUT2D eigenvalue weighted by molar-refractivity contribution is 7.99. The van der Waals surface area contributed by atoms with Gasteiger partial charge in [-0.2, -0.15) is 0 Å². The highest BCUT2D eigenvalue weighted by atomic mass is 35.5. The van der Waals surface area contributed by atoms with Crippen LogP contribution in [0.1, 0.15) is 11.4 Å². The van der Waals surface area contributed by atoms with Crippen LogP contribution >= 0.6 is 46.6 Å². The zero-order valence-electron chi connectivity index (χ0n) is 17.6. The van der Waals surface area contributed by atoms with E-state index in [0.717, 1.165) is 5.56 Å². The number of thioether (sulfide) groups is 1. The Hall–Kier alpha value is -2.52. The number of hydrogen-bond donors (Lipinski definition) is 2. The molecule has 2 aromatic carbocycles. The number of halogens is 3. The van der Waals surface area contributed by atoms with Crippen molar-refractivity contribution in [3.8, 4) is 0 Å². The topological polar surface area (TPSA) is 88.9 Å². The standard InChI is InChI=1S/C22H20Cl3N5O2S/c1-3-9-30-18(11-19(31)27-17-6-4-5-15(24)21(17)25)28-29-22(30)33-12-20(32)26-16-8-7-14(23)10-13(16)2/h3-8,10H,1,9,11-12H2,2H3,(H,26,32)(H,27,31). The summed E-state index contributed by atoms with van der Waals surface area (Å²) in [6.45, 7) is 5.99. The van der Waals surface area contributed by atoms with Crippen LogP contribution in [0.3, 0.4) is 0 Å². The summed E-state index contributed by atoms with van der Waals surface area (Å²) in [5.74, 6) is 0.0154. The Labute approximate surface area is 210 Å². The van der Waals surface area contributed by atoms with Gasteiger partial charge in [0.25, 0.3) is 0 Å². The summed E-state index contributed by atoms with van der Waals surface area (Å²) in [5.41, 5.74) is 1.96. The summed E-state index contributed by atoms with van der Waals surface area (Å²) in [6, 6.07) is 10.2. The van der Waals surface area contributed by atoms with Gasteiger partial charge in [-0.1, -0.05) is 58.7 Å². The van der Waals surface area contributed by atoms with Gasteiger partial charge in [-0.15, -0.1) is 16.8 Å². The second kappa shape index (κ2) is 11.6. The number of aromatic nitrogens is 3. The van der Waals surface area contributed by atoms with Crippen LogP contribution in [-0.4, -0.2) is 32.3 Å². The van der Waals surface area contributed by atoms with Crippen molar-refractivity contribution in [3.63, 3.8) is 0 Å². The molecule has 0 aliphatic heterocycles. The lowest BCUT2D eigenvalue weighted by atomic mass is 10.2. The van der Waals surface area contributed by atoms with Crippen LogP contribution in [-0.2, 0) is 22.6 Å². The minimum Gasteiger partial charge on any atom is -0.325 e. The first-order chi connectivity index (χ1) is 15.8. The molecule has 0 saturated heterocycles. The highest BCUT2D eigenvalue weighted by Crippen LogP contribution is 2.29. The van der Waals surface area contributed by atoms with Crippen molar-refractivity contribution in [2.75, 3.05) is 16.4 Å². The molecular weight excluding hydrogens is 505 g/mol. The second-order valence-corrected chi connectivity index (χ2v) is 9.08. The van der Waals surface area contributed by atoms with E-state index >= 15 is 0 Å². The molecule has 7 nitrogen and oxygen atoms in total. The van der Waals surface area contributed by atoms with E-state index in [4.69, 9.17) is 34.8 Å². The number of anilines is 2. The fourth-order valence-electron chi connectivity index (χ4n) is 2.89. The van der Waals surface area contributed by atoms with Crippen LogP contribution in [0, 0.1) is 6.92 Å². The van der Waals surface area contributed by atoms with E-state index in [1.807, 2.05) is 6.92 Å². The maximum atomic E-state index is 12.5. The highest BCUT2D eigenvalue weighted by Gasteiger charge is 2.17. The van der Waals surface area contributed by atoms with Crippen molar-refractivity contribution in [1.29, 1.82) is 0 Å². The molecule has 0 saturated carbocycles. The predicted octanol–water partition coefficient (Wildman–Crippen LogP) is 5.64. The maximum absolute atomic E-state index is 12.5. The van der Waals surface area contributed by atoms with E-state index in [-0.39, 0.29) is 29.0 Å². The third kappa shape index (κ3) is 6.74. The summed E-state index contributed by atoms with van der Waals surface area (Å²) in [7, 11) is 0. The largest absolute Gasteiger partial charge is 0.325 e. The van der Waals surface area contributed by atoms with E-state index in [9.17, 15) is 9.59 Å². The Morgan fingerprint density at radius 2 is 1.85 bits per heavy atom. The number of hydrogen-bond acceptors (Lipinski definition) is 5. The summed E-state index contributed by atoms with van der Waals surface area (Å²) >= 11 is 19.3. The summed E-state index contributed by atoms with van der Waals surface area (Å²) in [5, 5.41) is 15.5. The van der Waals surface area contributed by atoms with Crippen molar-refractivity contribution in [1.82, 2.24) is 14.8 Å². The maximum Gasteiger partial charge on any atom is 0.234 e. The molecule has 3 aromatic rings. The SMILES string of the molecule is C=CCn1c(CC(=O)Nc2cccc(Cl)c2Cl)nnc1SCC(=O)Nc1ccc(Cl)cc1C. The number of rotatable bonds is 9. The molecule has 0 aliphatic rings. The molecule has 0 bridgehead atoms. The van der Waals surface area contributed by atoms with Gasteiger partial charge < -0.3 is 15.2 Å². The fraction of sp³-hybridized carbons (Fsp3) is 0.182. The van der Waals surface area contributed by atoms with E-state index in [1.165, 1.54) is 11.8 Å². The lowest BCUT2D eigenvalue weighted by Gasteiger charge is -2.10. The molecule has 0 radical (unpaired) electrons. The summed E-state index contributed by atoms with van der Waals surface area (Å²) in [6.07, 6.45) is 1.63. The molecule has 2 amide bonds. The number of allylic oxidation sites excluding steroid dienone is 1. The molecule has 0 spiro atoms. The van der Waals surface area contributed by atoms with Gasteiger partial charge in [0.15, 0.2) is 5.16 Å². The molecule has 0 atom stereocenters. The fourth-order valence-corrected chi connectivity index (χ4v) is 4.23. The molecule has 1 aromatic heterocycles. The number of aryl methyl sites for hydroxylation is 1. The van der Waals surface area contributed by atoms with Gasteiger partial charge in [0.1, 0.15) is 5.82 Å². The lowest BCUT2D eigenvalue weighted by molar-refractivity contribution is -0.116. The third-order valence-corrected chi connectivity index (χ3v) is 6.47. The number of carbonyl (C=O) groups is 2. The average molecular weight is 525 g/mol. The van der Waals surface area contributed by atoms with Crippen LogP contribution in [0.5, 0.6) is 0 Å². The second-order valence-electron chi connectivity index (χ2n) is 6.92. The van der Waals surface area contributed by atoms with Crippen molar-refractivity contribution >= 4 is 69.8 Å². The third-order valence-electron chi connectivity index (χ3n) is 4.44. The van der Waals surface area contributed by atoms with Crippen LogP contribution in [0.4, 0.5) is 11.4 Å². The van der Waals surface area contributed by atoms with Crippen molar-refractivity contribution in [2.45, 2.75) is 25.0 Å². The van der Waals surface area contributed by atoms with Gasteiger partial charge in [-0.3, -0.25) is 9.59 Å². The predicted molar refractivity (Wildman–Crippen MR) is 135 cm³/mol. The van der Waals surface area contributed by atoms with Gasteiger partial charge in [0.05, 0.1) is 27.9 Å². The summed E-state index contributed by atoms with van der Waals surface area (Å²) < 4.78 is 1.73. The van der Waals surface area contributed by atoms with E-state index in [1.54, 1.807) is 47.0 Å². The molecule has 1 heterocycles. The van der Waals surface area contributed by atoms with E-state index in [2.05, 4.69) is 27.4 Å². The van der Waals surface area contributed by atoms with Gasteiger partial charge in [0.2, 0.25) is 11.8 Å². The normalized spacial score (nSPS) is 10.7. The van der Waals surface area contributed by atoms with E-state index < -0.39 is 0 Å². The summed E-state index contributed by atoms with van der Waals surface area (Å²) in [4.78, 5) is 24.9. The molecular formula is C22H20Cl3N5O2S. The number of carbonyl (C=O) groups excluding carboxylic acids is 2. The molecule has 0 unspecified atom stereocenters. The Bertz CT molecular complexity index is 1200. The monoisotopic (exact) mass is 523 g/mol. The number of amides is 2. The number of benzene rings is 2. The molecule has 11 heteroatoms. The molecule has 2 N–H and O–H groups in total. The number of nitrogens with zero attached hydrogens (tertiary/aromatic N) is 3. The zero-order valence-corrected chi connectivity index (χ0v) is 20.7. The smallest absolute Gasteiger partial charge is 0.234 e. The number of nitrogens with one attached hydrogen (secondary N) is 2. The first kappa shape index (κ1) is 25.1. The molecule has 33 heavy (non-hydrogen) atoms. The molecule has 0 fully saturated rings. The Kier molecular flexibility index (Phi) is 8.80. The van der Waals surface area contributed by atoms with Crippen molar-refractivity contribution in [2.24, 2.45) is 0 Å². The zero-order chi connectivity index (χ0) is 24.0. The first-order valence-electron chi connectivity index (χ1n) is 9.74. The van der Waals surface area contributed by atoms with Gasteiger partial charge >= 0.3 is 0 Å². The molecule has 172 valence electrons. The van der Waals surface area contributed by atoms with Gasteiger partial charge in [-0.05, 0) is 42.8 Å². The van der Waals surface area contributed by atoms with Crippen LogP contribution in [0.25, 0.3) is 0 Å². The Morgan fingerprint density at radius 3 is 2.58 bits per heavy atom. The minimum atomic E-state index is -0.329. The molecule has 3 rings (SSSR count). The Morgan fingerprint density at radius 1 is 1.09 bits per heavy atom. The van der Waals surface area contributed by atoms with E-state index in [0.29, 0.717) is 38.9 Å². The van der Waals surface area contributed by atoms with Crippen LogP contribution in [0.15, 0.2) is 54.2 Å². The molecule has 0 aliphatic carbocycles. The first-order valence-corrected chi connectivity index (χ1v) is 11.9. The van der Waals surface area contributed by atoms with Crippen LogP contribution in [0.2, 0.25) is 15.1 Å². The quantitative estimate of drug-likeness (QED) is 0.279. The van der Waals surface area contributed by atoms with Crippen molar-refractivity contribution < 1.29 is 9.59 Å². The Balaban J connectivity index is 1.64. The van der Waals surface area contributed by atoms with Gasteiger partial charge in [-0.25, -0.2) is 0 Å². The van der Waals surface area contributed by atoms with Crippen molar-refractivity contribution in [3.05, 3.63) is 75.5 Å². The average Bonchev–Trinajstić information content (AvgIpc) is 3.13. The minimum absolute atomic E-state index is 0.0413. The lowest BCUT2D eigenvalue weighted by Crippen LogP contribution is -2.18. The van der Waals surface area contributed by atoms with Gasteiger partial charge in [0, 0.05) is 17.3 Å². The van der Waals surface area contributed by atoms with Crippen LogP contribution < -0.4 is 10.6 Å².